The third kappa shape index (κ3) is 6.76. The topological polar surface area (TPSA) is 296 Å². The number of carbonyl (C=O) groups excluding carboxylic acids is 1. The Kier molecular flexibility index (Phi) is 10.4. The van der Waals surface area contributed by atoms with Gasteiger partial charge in [-0.05, 0) is 31.2 Å². The van der Waals surface area contributed by atoms with Gasteiger partial charge in [-0.2, -0.15) is 0 Å². The van der Waals surface area contributed by atoms with Crippen LogP contribution in [0.25, 0.3) is 22.3 Å². The molecule has 11 atom stereocenters. The molecular weight excluding hydrogens is 648 g/mol. The zero-order valence-corrected chi connectivity index (χ0v) is 25.0. The Morgan fingerprint density at radius 2 is 1.44 bits per heavy atom. The normalized spacial score (nSPS) is 31.3. The van der Waals surface area contributed by atoms with Gasteiger partial charge in [0.05, 0.1) is 13.2 Å². The van der Waals surface area contributed by atoms with E-state index in [1.165, 1.54) is 24.3 Å². The molecule has 0 aliphatic carbocycles. The summed E-state index contributed by atoms with van der Waals surface area (Å²) >= 11 is 0. The van der Waals surface area contributed by atoms with Crippen LogP contribution >= 0.6 is 0 Å². The number of aromatic hydroxyl groups is 2. The van der Waals surface area contributed by atoms with E-state index in [4.69, 9.17) is 28.1 Å². The number of phenolic OH excluding ortho intramolecular Hbond substituents is 2. The first kappa shape index (κ1) is 35.2. The maximum absolute atomic E-state index is 13.8. The average Bonchev–Trinajstić information content (AvgIpc) is 3.05. The number of ether oxygens (including phenoxy) is 5. The highest BCUT2D eigenvalue weighted by Gasteiger charge is 2.49. The van der Waals surface area contributed by atoms with E-state index in [1.54, 1.807) is 0 Å². The maximum atomic E-state index is 13.8. The van der Waals surface area contributed by atoms with E-state index in [0.29, 0.717) is 0 Å². The van der Waals surface area contributed by atoms with Gasteiger partial charge in [0.15, 0.2) is 11.9 Å². The highest BCUT2D eigenvalue weighted by Crippen LogP contribution is 2.38. The molecule has 262 valence electrons. The Balaban J connectivity index is 1.55. The predicted octanol–water partition coefficient (Wildman–Crippen LogP) is -2.84. The third-order valence-corrected chi connectivity index (χ3v) is 7.79. The van der Waals surface area contributed by atoms with Crippen LogP contribution in [0.4, 0.5) is 0 Å². The molecule has 0 saturated carbocycles. The number of hydrogen-bond acceptors (Lipinski definition) is 18. The maximum Gasteiger partial charge on any atom is 0.335 e. The standard InChI is InChI=1S/C30H34O18/c1-10(33)28(42)47-27-23(40)20(37)17(9-32)46-30(27)48-26-21(38)18-14(35)6-12(34)7-15(18)44-25(26)11-2-4-13(5-3-11)43-29-24(41)22(39)19(36)16(8-31)45-29/h2-7,10,16-17,19-20,22-24,27,29-37,39-41H,8-9H2,1H3/t10-,16+,17+,19+,20+,22-,23+,24+,27-,29+,30-/m0/s1. The molecule has 18 heteroatoms. The molecule has 18 nitrogen and oxygen atoms in total. The molecule has 3 aromatic rings. The summed E-state index contributed by atoms with van der Waals surface area (Å²) in [5, 5.41) is 100. The second-order valence-corrected chi connectivity index (χ2v) is 11.2. The van der Waals surface area contributed by atoms with Crippen LogP contribution in [0.3, 0.4) is 0 Å². The van der Waals surface area contributed by atoms with Gasteiger partial charge in [-0.15, -0.1) is 0 Å². The van der Waals surface area contributed by atoms with Crippen LogP contribution in [-0.4, -0.2) is 138 Å². The Bertz CT molecular complexity index is 1650. The van der Waals surface area contributed by atoms with Crippen LogP contribution in [0.15, 0.2) is 45.6 Å². The first-order chi connectivity index (χ1) is 22.7. The smallest absolute Gasteiger partial charge is 0.335 e. The van der Waals surface area contributed by atoms with Gasteiger partial charge >= 0.3 is 5.97 Å². The molecule has 10 N–H and O–H groups in total. The lowest BCUT2D eigenvalue weighted by molar-refractivity contribution is -0.283. The molecule has 0 amide bonds. The summed E-state index contributed by atoms with van der Waals surface area (Å²) in [5.74, 6) is -3.43. The van der Waals surface area contributed by atoms with Crippen molar-refractivity contribution in [2.75, 3.05) is 13.2 Å². The van der Waals surface area contributed by atoms with E-state index in [9.17, 15) is 60.7 Å². The van der Waals surface area contributed by atoms with Gasteiger partial charge in [0.25, 0.3) is 0 Å². The molecule has 0 radical (unpaired) electrons. The summed E-state index contributed by atoms with van der Waals surface area (Å²) < 4.78 is 33.3. The minimum Gasteiger partial charge on any atom is -0.508 e. The van der Waals surface area contributed by atoms with Crippen molar-refractivity contribution >= 4 is 16.9 Å². The van der Waals surface area contributed by atoms with Crippen molar-refractivity contribution in [3.8, 4) is 34.3 Å². The predicted molar refractivity (Wildman–Crippen MR) is 156 cm³/mol. The van der Waals surface area contributed by atoms with Crippen LogP contribution in [0, 0.1) is 0 Å². The second kappa shape index (κ2) is 14.2. The van der Waals surface area contributed by atoms with Crippen molar-refractivity contribution < 1.29 is 84.0 Å². The van der Waals surface area contributed by atoms with Crippen molar-refractivity contribution in [2.24, 2.45) is 0 Å². The van der Waals surface area contributed by atoms with Gasteiger partial charge in [-0.3, -0.25) is 4.79 Å². The van der Waals surface area contributed by atoms with E-state index in [2.05, 4.69) is 0 Å². The van der Waals surface area contributed by atoms with Crippen molar-refractivity contribution in [3.63, 3.8) is 0 Å². The van der Waals surface area contributed by atoms with Crippen LogP contribution in [0.2, 0.25) is 0 Å². The van der Waals surface area contributed by atoms with E-state index < -0.39 is 115 Å². The lowest BCUT2D eigenvalue weighted by Crippen LogP contribution is -2.61. The monoisotopic (exact) mass is 682 g/mol. The summed E-state index contributed by atoms with van der Waals surface area (Å²) in [4.78, 5) is 26.1. The van der Waals surface area contributed by atoms with Gasteiger partial charge in [0.2, 0.25) is 23.8 Å². The summed E-state index contributed by atoms with van der Waals surface area (Å²) in [6, 6.07) is 7.20. The number of benzene rings is 2. The molecule has 0 unspecified atom stereocenters. The number of fused-ring (bicyclic) bond motifs is 1. The first-order valence-electron chi connectivity index (χ1n) is 14.5. The zero-order chi connectivity index (χ0) is 35.0. The van der Waals surface area contributed by atoms with Crippen LogP contribution in [-0.2, 0) is 19.0 Å². The number of esters is 1. The van der Waals surface area contributed by atoms with E-state index in [-0.39, 0.29) is 22.7 Å². The molecule has 2 aliphatic heterocycles. The highest BCUT2D eigenvalue weighted by atomic mass is 16.7. The summed E-state index contributed by atoms with van der Waals surface area (Å²) in [7, 11) is 0. The zero-order valence-electron chi connectivity index (χ0n) is 25.0. The van der Waals surface area contributed by atoms with Crippen molar-refractivity contribution in [1.29, 1.82) is 0 Å². The van der Waals surface area contributed by atoms with Crippen LogP contribution in [0.1, 0.15) is 6.92 Å². The van der Waals surface area contributed by atoms with Crippen molar-refractivity contribution in [2.45, 2.75) is 74.4 Å². The molecule has 1 aromatic heterocycles. The summed E-state index contributed by atoms with van der Waals surface area (Å²) in [6.45, 7) is -0.456. The fourth-order valence-electron chi connectivity index (χ4n) is 5.17. The molecule has 5 rings (SSSR count). The minimum atomic E-state index is -1.94. The van der Waals surface area contributed by atoms with Crippen LogP contribution in [0.5, 0.6) is 23.0 Å². The molecule has 2 fully saturated rings. The minimum absolute atomic E-state index is 0.0348. The Morgan fingerprint density at radius 3 is 2.04 bits per heavy atom. The molecule has 48 heavy (non-hydrogen) atoms. The van der Waals surface area contributed by atoms with Crippen LogP contribution < -0.4 is 14.9 Å². The Labute approximate surface area is 269 Å². The number of carbonyl (C=O) groups is 1. The number of aliphatic hydroxyl groups excluding tert-OH is 8. The van der Waals surface area contributed by atoms with Gasteiger partial charge in [-0.25, -0.2) is 4.79 Å². The van der Waals surface area contributed by atoms with Crippen molar-refractivity contribution in [3.05, 3.63) is 46.6 Å². The van der Waals surface area contributed by atoms with Gasteiger partial charge in [-0.1, -0.05) is 0 Å². The van der Waals surface area contributed by atoms with E-state index >= 15 is 0 Å². The number of rotatable bonds is 9. The summed E-state index contributed by atoms with van der Waals surface area (Å²) in [6.07, 6.45) is -18.4. The highest BCUT2D eigenvalue weighted by molar-refractivity contribution is 5.88. The Hall–Kier alpha value is -4.08. The fraction of sp³-hybridized carbons (Fsp3) is 0.467. The summed E-state index contributed by atoms with van der Waals surface area (Å²) in [5.41, 5.74) is -1.25. The molecule has 0 spiro atoms. The number of phenols is 2. The van der Waals surface area contributed by atoms with E-state index in [0.717, 1.165) is 19.1 Å². The molecule has 0 bridgehead atoms. The van der Waals surface area contributed by atoms with Gasteiger partial charge < -0.3 is 79.2 Å². The molecule has 2 saturated heterocycles. The van der Waals surface area contributed by atoms with Crippen molar-refractivity contribution in [1.82, 2.24) is 0 Å². The van der Waals surface area contributed by atoms with Gasteiger partial charge in [0, 0.05) is 17.7 Å². The molecule has 2 aromatic carbocycles. The second-order valence-electron chi connectivity index (χ2n) is 11.2. The number of aliphatic hydroxyl groups is 8. The molecular formula is C30H34O18. The van der Waals surface area contributed by atoms with E-state index in [1.807, 2.05) is 0 Å². The Morgan fingerprint density at radius 1 is 0.833 bits per heavy atom. The lowest BCUT2D eigenvalue weighted by Gasteiger charge is -2.41. The quantitative estimate of drug-likeness (QED) is 0.102. The lowest BCUT2D eigenvalue weighted by atomic mass is 9.99. The first-order valence-corrected chi connectivity index (χ1v) is 14.5. The third-order valence-electron chi connectivity index (χ3n) is 7.79. The molecule has 2 aliphatic rings. The fourth-order valence-corrected chi connectivity index (χ4v) is 5.17. The van der Waals surface area contributed by atoms with Gasteiger partial charge in [0.1, 0.15) is 77.0 Å². The average molecular weight is 683 g/mol. The molecule has 3 heterocycles. The SMILES string of the molecule is C[C@H](O)C(=O)O[C@@H]1[C@H](Oc2c(-c3ccc(O[C@@H]4O[C@H](CO)[C@@H](O)[C@H](O)[C@H]4O)cc3)oc3cc(O)cc(O)c3c2=O)O[C@H](CO)[C@@H](O)[C@H]1O. The number of hydrogen-bond donors (Lipinski definition) is 10. The largest absolute Gasteiger partial charge is 0.508 e.